The van der Waals surface area contributed by atoms with E-state index in [0.29, 0.717) is 0 Å². The van der Waals surface area contributed by atoms with E-state index in [0.717, 1.165) is 17.1 Å². The van der Waals surface area contributed by atoms with E-state index >= 15 is 0 Å². The van der Waals surface area contributed by atoms with Crippen LogP contribution in [-0.4, -0.2) is 0 Å². The van der Waals surface area contributed by atoms with Crippen molar-refractivity contribution in [1.82, 2.24) is 0 Å². The molecule has 0 aliphatic carbocycles. The van der Waals surface area contributed by atoms with Gasteiger partial charge in [0, 0.05) is 28.2 Å². The molecule has 0 bridgehead atoms. The molecule has 0 spiro atoms. The van der Waals surface area contributed by atoms with E-state index in [9.17, 15) is 0 Å². The van der Waals surface area contributed by atoms with Gasteiger partial charge in [0.15, 0.2) is 0 Å². The first-order valence-electron chi connectivity index (χ1n) is 18.3. The van der Waals surface area contributed by atoms with Gasteiger partial charge in [0.2, 0.25) is 0 Å². The minimum Gasteiger partial charge on any atom is -0.311 e. The van der Waals surface area contributed by atoms with Gasteiger partial charge < -0.3 is 9.80 Å². The molecule has 8 aromatic carbocycles. The number of para-hydroxylation sites is 3. The largest absolute Gasteiger partial charge is 0.311 e. The molecule has 2 nitrogen and oxygen atoms in total. The van der Waals surface area contributed by atoms with Gasteiger partial charge in [0.25, 0.3) is 0 Å². The number of benzene rings is 8. The summed E-state index contributed by atoms with van der Waals surface area (Å²) >= 11 is 0. The highest BCUT2D eigenvalue weighted by molar-refractivity contribution is 5.92. The van der Waals surface area contributed by atoms with Crippen LogP contribution in [0, 0.1) is 0 Å². The highest BCUT2D eigenvalue weighted by Gasteiger charge is 2.36. The molecule has 0 aromatic heterocycles. The average Bonchev–Trinajstić information content (AvgIpc) is 3.22. The molecule has 0 saturated heterocycles. The molecule has 2 heteroatoms. The third kappa shape index (κ3) is 6.09. The maximum atomic E-state index is 2.43. The predicted molar refractivity (Wildman–Crippen MR) is 226 cm³/mol. The zero-order valence-corrected chi connectivity index (χ0v) is 30.0. The summed E-state index contributed by atoms with van der Waals surface area (Å²) in [6.45, 7) is 4.70. The third-order valence-corrected chi connectivity index (χ3v) is 10.6. The molecule has 0 N–H and O–H groups in total. The van der Waals surface area contributed by atoms with Crippen LogP contribution in [-0.2, 0) is 5.41 Å². The second kappa shape index (κ2) is 13.5. The van der Waals surface area contributed by atoms with Crippen molar-refractivity contribution < 1.29 is 0 Å². The zero-order valence-electron chi connectivity index (χ0n) is 30.0. The van der Waals surface area contributed by atoms with Crippen LogP contribution in [0.4, 0.5) is 34.1 Å². The second-order valence-corrected chi connectivity index (χ2v) is 14.3. The predicted octanol–water partition coefficient (Wildman–Crippen LogP) is 14.3. The Morgan fingerprint density at radius 2 is 0.943 bits per heavy atom. The lowest BCUT2D eigenvalue weighted by Gasteiger charge is -2.42. The van der Waals surface area contributed by atoms with Crippen molar-refractivity contribution in [1.29, 1.82) is 0 Å². The van der Waals surface area contributed by atoms with Gasteiger partial charge in [0.1, 0.15) is 0 Å². The standard InChI is InChI=1S/C51H40N2/c1-51(2)47-19-11-12-20-49(47)53(46-33-30-39-13-9-10-14-42(39)36-46)50-34-25-38(35-48(50)51)22-21-37-23-26-40(27-24-37)41-28-31-45(32-29-41)52(43-15-5-3-6-16-43)44-17-7-4-8-18-44/h3-36H,1-2H3/b22-21+. The topological polar surface area (TPSA) is 6.48 Å². The summed E-state index contributed by atoms with van der Waals surface area (Å²) in [5.41, 5.74) is 14.3. The fourth-order valence-electron chi connectivity index (χ4n) is 7.80. The number of hydrogen-bond donors (Lipinski definition) is 0. The fraction of sp³-hybridized carbons (Fsp3) is 0.0588. The van der Waals surface area contributed by atoms with Gasteiger partial charge in [-0.2, -0.15) is 0 Å². The summed E-state index contributed by atoms with van der Waals surface area (Å²) in [4.78, 5) is 4.72. The van der Waals surface area contributed by atoms with E-state index in [1.165, 1.54) is 61.2 Å². The average molecular weight is 681 g/mol. The van der Waals surface area contributed by atoms with E-state index in [-0.39, 0.29) is 5.41 Å². The molecule has 53 heavy (non-hydrogen) atoms. The lowest BCUT2D eigenvalue weighted by Crippen LogP contribution is -2.30. The lowest BCUT2D eigenvalue weighted by atomic mass is 9.73. The fourth-order valence-corrected chi connectivity index (χ4v) is 7.80. The van der Waals surface area contributed by atoms with Crippen molar-refractivity contribution in [2.75, 3.05) is 9.80 Å². The van der Waals surface area contributed by atoms with E-state index in [2.05, 4.69) is 230 Å². The number of fused-ring (bicyclic) bond motifs is 3. The molecule has 0 saturated carbocycles. The molecule has 0 unspecified atom stereocenters. The van der Waals surface area contributed by atoms with Crippen LogP contribution >= 0.6 is 0 Å². The van der Waals surface area contributed by atoms with Crippen molar-refractivity contribution in [2.45, 2.75) is 19.3 Å². The molecule has 1 heterocycles. The monoisotopic (exact) mass is 680 g/mol. The Kier molecular flexibility index (Phi) is 8.21. The zero-order chi connectivity index (χ0) is 35.8. The summed E-state index contributed by atoms with van der Waals surface area (Å²) in [7, 11) is 0. The highest BCUT2D eigenvalue weighted by Crippen LogP contribution is 2.52. The Labute approximate surface area is 312 Å². The normalized spacial score (nSPS) is 13.1. The SMILES string of the molecule is CC1(C)c2ccccc2N(c2ccc3ccccc3c2)c2ccc(/C=C/c3ccc(-c4ccc(N(c5ccccc5)c5ccccc5)cc4)cc3)cc21. The van der Waals surface area contributed by atoms with Gasteiger partial charge in [-0.1, -0.05) is 153 Å². The first kappa shape index (κ1) is 32.3. The molecule has 0 fully saturated rings. The Morgan fingerprint density at radius 1 is 0.415 bits per heavy atom. The van der Waals surface area contributed by atoms with Crippen molar-refractivity contribution in [3.8, 4) is 11.1 Å². The van der Waals surface area contributed by atoms with Crippen LogP contribution in [0.15, 0.2) is 194 Å². The van der Waals surface area contributed by atoms with Gasteiger partial charge in [-0.05, 0) is 111 Å². The van der Waals surface area contributed by atoms with Gasteiger partial charge in [0.05, 0.1) is 11.4 Å². The molecule has 1 aliphatic rings. The molecule has 0 radical (unpaired) electrons. The molecule has 9 rings (SSSR count). The van der Waals surface area contributed by atoms with Crippen LogP contribution in [0.25, 0.3) is 34.1 Å². The van der Waals surface area contributed by atoms with Gasteiger partial charge in [-0.25, -0.2) is 0 Å². The third-order valence-electron chi connectivity index (χ3n) is 10.6. The Bertz CT molecular complexity index is 2530. The Balaban J connectivity index is 0.983. The second-order valence-electron chi connectivity index (χ2n) is 14.3. The van der Waals surface area contributed by atoms with Crippen LogP contribution in [0.2, 0.25) is 0 Å². The van der Waals surface area contributed by atoms with Crippen LogP contribution in [0.1, 0.15) is 36.1 Å². The molecule has 8 aromatic rings. The van der Waals surface area contributed by atoms with Crippen molar-refractivity contribution >= 4 is 57.0 Å². The summed E-state index contributed by atoms with van der Waals surface area (Å²) in [6, 6.07) is 69.9. The van der Waals surface area contributed by atoms with E-state index in [1.54, 1.807) is 0 Å². The first-order chi connectivity index (χ1) is 26.0. The Hall–Kier alpha value is -6.64. The Morgan fingerprint density at radius 3 is 1.64 bits per heavy atom. The molecule has 254 valence electrons. The maximum absolute atomic E-state index is 2.43. The van der Waals surface area contributed by atoms with Crippen LogP contribution < -0.4 is 9.80 Å². The maximum Gasteiger partial charge on any atom is 0.0503 e. The summed E-state index contributed by atoms with van der Waals surface area (Å²) in [5, 5.41) is 2.50. The van der Waals surface area contributed by atoms with Gasteiger partial charge in [-0.3, -0.25) is 0 Å². The minimum atomic E-state index is -0.153. The first-order valence-corrected chi connectivity index (χ1v) is 18.3. The number of anilines is 6. The van der Waals surface area contributed by atoms with Crippen molar-refractivity contribution in [2.24, 2.45) is 0 Å². The van der Waals surface area contributed by atoms with Crippen molar-refractivity contribution in [3.05, 3.63) is 216 Å². The van der Waals surface area contributed by atoms with Gasteiger partial charge in [-0.15, -0.1) is 0 Å². The van der Waals surface area contributed by atoms with E-state index < -0.39 is 0 Å². The smallest absolute Gasteiger partial charge is 0.0503 e. The van der Waals surface area contributed by atoms with Crippen molar-refractivity contribution in [3.63, 3.8) is 0 Å². The molecular weight excluding hydrogens is 641 g/mol. The summed E-state index contributed by atoms with van der Waals surface area (Å²) in [6.07, 6.45) is 4.46. The quantitative estimate of drug-likeness (QED) is 0.155. The van der Waals surface area contributed by atoms with Crippen LogP contribution in [0.3, 0.4) is 0 Å². The molecular formula is C51H40N2. The summed E-state index contributed by atoms with van der Waals surface area (Å²) in [5.74, 6) is 0. The lowest BCUT2D eigenvalue weighted by molar-refractivity contribution is 0.632. The van der Waals surface area contributed by atoms with E-state index in [4.69, 9.17) is 0 Å². The molecule has 0 amide bonds. The summed E-state index contributed by atoms with van der Waals surface area (Å²) < 4.78 is 0. The van der Waals surface area contributed by atoms with Crippen LogP contribution in [0.5, 0.6) is 0 Å². The highest BCUT2D eigenvalue weighted by atomic mass is 15.2. The molecule has 0 atom stereocenters. The van der Waals surface area contributed by atoms with Gasteiger partial charge >= 0.3 is 0 Å². The number of rotatable bonds is 7. The number of hydrogen-bond acceptors (Lipinski definition) is 2. The van der Waals surface area contributed by atoms with E-state index in [1.807, 2.05) is 0 Å². The minimum absolute atomic E-state index is 0.153. The molecule has 1 aliphatic heterocycles. The number of nitrogens with zero attached hydrogens (tertiary/aromatic N) is 2.